The van der Waals surface area contributed by atoms with Gasteiger partial charge in [0.05, 0.1) is 9.85 Å². The molecule has 126 valence electrons. The summed E-state index contributed by atoms with van der Waals surface area (Å²) in [5, 5.41) is 24.6. The fourth-order valence-corrected chi connectivity index (χ4v) is 2.92. The largest absolute Gasteiger partial charge is 0.381 e. The van der Waals surface area contributed by atoms with E-state index in [1.165, 1.54) is 30.3 Å². The predicted octanol–water partition coefficient (Wildman–Crippen LogP) is 2.52. The number of anilines is 1. The Labute approximate surface area is 137 Å². The molecule has 0 radical (unpaired) electrons. The average molecular weight is 351 g/mol. The van der Waals surface area contributed by atoms with Crippen LogP contribution in [0.1, 0.15) is 5.56 Å². The van der Waals surface area contributed by atoms with Crippen LogP contribution in [0.3, 0.4) is 0 Å². The van der Waals surface area contributed by atoms with Gasteiger partial charge in [-0.05, 0) is 17.7 Å². The molecule has 0 saturated heterocycles. The molecule has 9 nitrogen and oxygen atoms in total. The molecule has 0 atom stereocenters. The number of sulfone groups is 1. The fraction of sp³-hybridized carbons (Fsp3) is 0.143. The second-order valence-electron chi connectivity index (χ2n) is 4.99. The van der Waals surface area contributed by atoms with Crippen molar-refractivity contribution in [3.05, 3.63) is 68.3 Å². The highest BCUT2D eigenvalue weighted by molar-refractivity contribution is 7.90. The molecule has 2 aromatic rings. The van der Waals surface area contributed by atoms with Crippen LogP contribution in [0, 0.1) is 20.2 Å². The molecule has 0 aromatic heterocycles. The molecule has 2 rings (SSSR count). The van der Waals surface area contributed by atoms with Gasteiger partial charge in [0.1, 0.15) is 4.90 Å². The molecule has 0 aliphatic carbocycles. The van der Waals surface area contributed by atoms with Gasteiger partial charge >= 0.3 is 0 Å². The smallest absolute Gasteiger partial charge is 0.288 e. The van der Waals surface area contributed by atoms with Gasteiger partial charge in [-0.1, -0.05) is 12.1 Å². The number of nitrogens with zero attached hydrogens (tertiary/aromatic N) is 2. The van der Waals surface area contributed by atoms with Crippen molar-refractivity contribution >= 4 is 26.9 Å². The Bertz CT molecular complexity index is 910. The first-order valence-corrected chi connectivity index (χ1v) is 8.53. The van der Waals surface area contributed by atoms with Crippen molar-refractivity contribution in [3.8, 4) is 0 Å². The lowest BCUT2D eigenvalue weighted by atomic mass is 10.2. The van der Waals surface area contributed by atoms with Crippen LogP contribution in [0.5, 0.6) is 0 Å². The number of non-ortho nitro benzene ring substituents is 1. The molecule has 2 aromatic carbocycles. The summed E-state index contributed by atoms with van der Waals surface area (Å²) in [6.07, 6.45) is 0.889. The van der Waals surface area contributed by atoms with Crippen LogP contribution in [-0.4, -0.2) is 24.5 Å². The molecule has 0 unspecified atom stereocenters. The number of rotatable bonds is 6. The van der Waals surface area contributed by atoms with Gasteiger partial charge in [0.15, 0.2) is 9.84 Å². The Morgan fingerprint density at radius 2 is 1.75 bits per heavy atom. The minimum Gasteiger partial charge on any atom is -0.381 e. The number of nitrogens with one attached hydrogen (secondary N) is 1. The summed E-state index contributed by atoms with van der Waals surface area (Å²) in [6.45, 7) is 0.197. The molecular weight excluding hydrogens is 338 g/mol. The molecular formula is C14H13N3O6S. The van der Waals surface area contributed by atoms with Gasteiger partial charge in [-0.15, -0.1) is 0 Å². The normalized spacial score (nSPS) is 11.0. The number of nitro benzene ring substituents is 2. The number of benzene rings is 2. The van der Waals surface area contributed by atoms with Gasteiger partial charge in [0.25, 0.3) is 11.4 Å². The molecule has 0 heterocycles. The standard InChI is InChI=1S/C14H13N3O6S/c1-24(22,23)14-8-11(5-6-13(14)17(20)21)15-9-10-3-2-4-12(7-10)16(18)19/h2-8,15H,9H2,1H3. The minimum atomic E-state index is -3.77. The quantitative estimate of drug-likeness (QED) is 0.624. The Morgan fingerprint density at radius 1 is 1.04 bits per heavy atom. The fourth-order valence-electron chi connectivity index (χ4n) is 2.06. The summed E-state index contributed by atoms with van der Waals surface area (Å²) in [7, 11) is -3.77. The third-order valence-corrected chi connectivity index (χ3v) is 4.30. The first-order chi connectivity index (χ1) is 11.2. The lowest BCUT2D eigenvalue weighted by Gasteiger charge is -2.08. The maximum Gasteiger partial charge on any atom is 0.288 e. The van der Waals surface area contributed by atoms with E-state index in [9.17, 15) is 28.6 Å². The van der Waals surface area contributed by atoms with Crippen LogP contribution < -0.4 is 5.32 Å². The van der Waals surface area contributed by atoms with Gasteiger partial charge in [0.2, 0.25) is 0 Å². The summed E-state index contributed by atoms with van der Waals surface area (Å²) in [4.78, 5) is 20.0. The molecule has 0 amide bonds. The second-order valence-corrected chi connectivity index (χ2v) is 6.98. The summed E-state index contributed by atoms with van der Waals surface area (Å²) >= 11 is 0. The van der Waals surface area contributed by atoms with Crippen LogP contribution >= 0.6 is 0 Å². The second kappa shape index (κ2) is 6.62. The Morgan fingerprint density at radius 3 is 2.33 bits per heavy atom. The van der Waals surface area contributed by atoms with E-state index in [0.717, 1.165) is 12.3 Å². The highest BCUT2D eigenvalue weighted by Crippen LogP contribution is 2.27. The molecule has 0 fully saturated rings. The van der Waals surface area contributed by atoms with E-state index < -0.39 is 30.3 Å². The molecule has 10 heteroatoms. The summed E-state index contributed by atoms with van der Waals surface area (Å²) in [5.74, 6) is 0. The Balaban J connectivity index is 2.26. The lowest BCUT2D eigenvalue weighted by Crippen LogP contribution is -2.05. The molecule has 0 bridgehead atoms. The van der Waals surface area contributed by atoms with E-state index in [2.05, 4.69) is 5.32 Å². The maximum atomic E-state index is 11.7. The van der Waals surface area contributed by atoms with Crippen LogP contribution in [0.25, 0.3) is 0 Å². The van der Waals surface area contributed by atoms with Crippen molar-refractivity contribution in [2.24, 2.45) is 0 Å². The van der Waals surface area contributed by atoms with Crippen LogP contribution in [0.15, 0.2) is 47.4 Å². The molecule has 24 heavy (non-hydrogen) atoms. The zero-order valence-electron chi connectivity index (χ0n) is 12.5. The zero-order valence-corrected chi connectivity index (χ0v) is 13.3. The van der Waals surface area contributed by atoms with Gasteiger partial charge in [-0.2, -0.15) is 0 Å². The van der Waals surface area contributed by atoms with Crippen molar-refractivity contribution in [3.63, 3.8) is 0 Å². The topological polar surface area (TPSA) is 132 Å². The van der Waals surface area contributed by atoms with E-state index in [1.54, 1.807) is 6.07 Å². The van der Waals surface area contributed by atoms with E-state index in [0.29, 0.717) is 11.3 Å². The summed E-state index contributed by atoms with van der Waals surface area (Å²) in [6, 6.07) is 9.60. The summed E-state index contributed by atoms with van der Waals surface area (Å²) < 4.78 is 23.4. The predicted molar refractivity (Wildman–Crippen MR) is 86.6 cm³/mol. The van der Waals surface area contributed by atoms with E-state index >= 15 is 0 Å². The average Bonchev–Trinajstić information content (AvgIpc) is 2.52. The number of hydrogen-bond acceptors (Lipinski definition) is 7. The SMILES string of the molecule is CS(=O)(=O)c1cc(NCc2cccc([N+](=O)[O-])c2)ccc1[N+](=O)[O-]. The van der Waals surface area contributed by atoms with Crippen LogP contribution in [0.4, 0.5) is 17.1 Å². The van der Waals surface area contributed by atoms with Crippen molar-refractivity contribution in [2.45, 2.75) is 11.4 Å². The van der Waals surface area contributed by atoms with E-state index in [1.807, 2.05) is 0 Å². The van der Waals surface area contributed by atoms with Gasteiger partial charge in [-0.25, -0.2) is 8.42 Å². The third kappa shape index (κ3) is 4.04. The molecule has 0 spiro atoms. The number of hydrogen-bond donors (Lipinski definition) is 1. The molecule has 1 N–H and O–H groups in total. The molecule has 0 saturated carbocycles. The van der Waals surface area contributed by atoms with Crippen molar-refractivity contribution in [2.75, 3.05) is 11.6 Å². The van der Waals surface area contributed by atoms with E-state index in [-0.39, 0.29) is 12.2 Å². The van der Waals surface area contributed by atoms with Crippen molar-refractivity contribution in [1.29, 1.82) is 0 Å². The number of nitro groups is 2. The lowest BCUT2D eigenvalue weighted by molar-refractivity contribution is -0.387. The van der Waals surface area contributed by atoms with Crippen LogP contribution in [-0.2, 0) is 16.4 Å². The van der Waals surface area contributed by atoms with Gasteiger partial charge in [0, 0.05) is 36.7 Å². The van der Waals surface area contributed by atoms with E-state index in [4.69, 9.17) is 0 Å². The molecule has 0 aliphatic rings. The Kier molecular flexibility index (Phi) is 4.79. The van der Waals surface area contributed by atoms with Crippen molar-refractivity contribution < 1.29 is 18.3 Å². The first-order valence-electron chi connectivity index (χ1n) is 6.64. The van der Waals surface area contributed by atoms with Crippen LogP contribution in [0.2, 0.25) is 0 Å². The maximum absolute atomic E-state index is 11.7. The molecule has 0 aliphatic heterocycles. The minimum absolute atomic E-state index is 0.0603. The highest BCUT2D eigenvalue weighted by Gasteiger charge is 2.22. The highest BCUT2D eigenvalue weighted by atomic mass is 32.2. The zero-order chi connectivity index (χ0) is 17.9. The van der Waals surface area contributed by atoms with Crippen molar-refractivity contribution in [1.82, 2.24) is 0 Å². The van der Waals surface area contributed by atoms with Gasteiger partial charge in [-0.3, -0.25) is 20.2 Å². The monoisotopic (exact) mass is 351 g/mol. The van der Waals surface area contributed by atoms with Gasteiger partial charge < -0.3 is 5.32 Å². The first kappa shape index (κ1) is 17.3. The third-order valence-electron chi connectivity index (χ3n) is 3.17. The summed E-state index contributed by atoms with van der Waals surface area (Å²) in [5.41, 5.74) is 0.407. The Hall–Kier alpha value is -3.01.